The molecule has 0 aromatic heterocycles. The lowest BCUT2D eigenvalue weighted by molar-refractivity contribution is -0.438. The van der Waals surface area contributed by atoms with E-state index < -0.39 is 41.3 Å². The first-order valence-corrected chi connectivity index (χ1v) is 7.75. The lowest BCUT2D eigenvalue weighted by Gasteiger charge is -2.31. The maximum Gasteiger partial charge on any atom is 0.449 e. The zero-order chi connectivity index (χ0) is 17.5. The summed E-state index contributed by atoms with van der Waals surface area (Å²) in [6.07, 6.45) is -12.5. The molecule has 0 rings (SSSR count). The molecule has 0 heterocycles. The van der Waals surface area contributed by atoms with Crippen LogP contribution in [-0.4, -0.2) is 39.7 Å². The summed E-state index contributed by atoms with van der Waals surface area (Å²) in [6.45, 7) is 0.155. The second-order valence-corrected chi connectivity index (χ2v) is 7.84. The maximum atomic E-state index is 13.2. The highest BCUT2D eigenvalue weighted by Gasteiger charge is 2.74. The molecule has 0 aliphatic rings. The topological polar surface area (TPSA) is 46.6 Å². The molecule has 0 spiro atoms. The Labute approximate surface area is 135 Å². The lowest BCUT2D eigenvalue weighted by atomic mass is 10.6. The van der Waals surface area contributed by atoms with E-state index in [4.69, 9.17) is 0 Å². The average Bonchev–Trinajstić information content (AvgIpc) is 2.24. The Bertz CT molecular complexity index is 481. The molecule has 0 aromatic carbocycles. The molecule has 0 aliphatic carbocycles. The molecule has 0 N–H and O–H groups in total. The Hall–Kier alpha value is 0.520. The van der Waals surface area contributed by atoms with Gasteiger partial charge in [0.05, 0.1) is 0 Å². The predicted octanol–water partition coefficient (Wildman–Crippen LogP) is 3.77. The fourth-order valence-electron chi connectivity index (χ4n) is 0.723. The van der Waals surface area contributed by atoms with Crippen LogP contribution in [0.3, 0.4) is 0 Å². The summed E-state index contributed by atoms with van der Waals surface area (Å²) >= 11 is 1.66. The Morgan fingerprint density at radius 2 is 1.43 bits per heavy atom. The smallest absolute Gasteiger partial charge is 0.244 e. The quantitative estimate of drug-likeness (QED) is 0.218. The van der Waals surface area contributed by atoms with Gasteiger partial charge < -0.3 is 0 Å². The van der Waals surface area contributed by atoms with Crippen LogP contribution in [0, 0.1) is 0 Å². The van der Waals surface area contributed by atoms with Crippen LogP contribution in [-0.2, 0) is 14.8 Å². The summed E-state index contributed by atoms with van der Waals surface area (Å²) < 4.78 is 121. The molecule has 0 unspecified atom stereocenters. The van der Waals surface area contributed by atoms with Crippen molar-refractivity contribution in [1.29, 1.82) is 0 Å². The minimum atomic E-state index is -6.43. The molecule has 0 aromatic rings. The molecular weight excluding hydrogens is 525 g/mol. The first-order valence-electron chi connectivity index (χ1n) is 4.52. The lowest BCUT2D eigenvalue weighted by Crippen LogP contribution is -2.56. The molecule has 0 fully saturated rings. The van der Waals surface area contributed by atoms with Crippen LogP contribution < -0.4 is 0 Å². The second kappa shape index (κ2) is 6.20. The van der Waals surface area contributed by atoms with E-state index >= 15 is 0 Å². The summed E-state index contributed by atoms with van der Waals surface area (Å²) in [7, 11) is -6.20. The predicted molar refractivity (Wildman–Crippen MR) is 65.1 cm³/mol. The van der Waals surface area contributed by atoms with E-state index in [-0.39, 0.29) is 22.6 Å². The van der Waals surface area contributed by atoms with E-state index in [1.165, 1.54) is 0 Å². The zero-order valence-electron chi connectivity index (χ0n) is 9.57. The summed E-state index contributed by atoms with van der Waals surface area (Å²) in [4.78, 5) is 0. The molecule has 128 valence electrons. The summed E-state index contributed by atoms with van der Waals surface area (Å²) in [5, 5.41) is -6.23. The average molecular weight is 530 g/mol. The zero-order valence-corrected chi connectivity index (χ0v) is 14.1. The third-order valence-corrected chi connectivity index (χ3v) is 5.70. The third kappa shape index (κ3) is 4.08. The maximum absolute atomic E-state index is 13.2. The summed E-state index contributed by atoms with van der Waals surface area (Å²) in [6, 6.07) is 0. The van der Waals surface area contributed by atoms with Gasteiger partial charge in [-0.1, -0.05) is 6.92 Å². The van der Waals surface area contributed by atoms with Crippen LogP contribution in [0.5, 0.6) is 0 Å². The van der Waals surface area contributed by atoms with Crippen molar-refractivity contribution in [2.24, 2.45) is 0 Å². The first kappa shape index (κ1) is 21.5. The van der Waals surface area contributed by atoms with Crippen LogP contribution in [0.1, 0.15) is 6.92 Å². The Kier molecular flexibility index (Phi) is 6.35. The highest BCUT2D eigenvalue weighted by Crippen LogP contribution is 2.49. The van der Waals surface area contributed by atoms with Crippen molar-refractivity contribution in [2.45, 2.75) is 28.3 Å². The molecule has 0 bridgehead atoms. The Balaban J connectivity index is 5.71. The molecule has 0 aliphatic heterocycles. The summed E-state index contributed by atoms with van der Waals surface area (Å²) in [5.74, 6) is 0. The van der Waals surface area contributed by atoms with Crippen LogP contribution >= 0.6 is 38.7 Å². The van der Waals surface area contributed by atoms with Crippen molar-refractivity contribution in [3.05, 3.63) is 0 Å². The van der Waals surface area contributed by atoms with Gasteiger partial charge in [-0.25, -0.2) is 13.2 Å². The van der Waals surface area contributed by atoms with Gasteiger partial charge in [0.2, 0.25) is 0 Å². The van der Waals surface area contributed by atoms with Gasteiger partial charge in [-0.15, -0.1) is 3.33 Å². The Morgan fingerprint density at radius 1 is 1.05 bits per heavy atom. The molecule has 0 atom stereocenters. The van der Waals surface area contributed by atoms with Crippen molar-refractivity contribution in [2.75, 3.05) is 6.54 Å². The van der Waals surface area contributed by atoms with E-state index in [1.807, 2.05) is 16.1 Å². The molecular formula is C6H5BrF8INO3S. The number of rotatable bonds is 7. The number of hydrogen-bond acceptors (Lipinski definition) is 3. The summed E-state index contributed by atoms with van der Waals surface area (Å²) in [5.41, 5.74) is 0. The van der Waals surface area contributed by atoms with Gasteiger partial charge >= 0.3 is 21.4 Å². The number of alkyl halides is 9. The van der Waals surface area contributed by atoms with Gasteiger partial charge in [0.15, 0.2) is 0 Å². The van der Waals surface area contributed by atoms with Gasteiger partial charge in [0.25, 0.3) is 10.0 Å². The largest absolute Gasteiger partial charge is 0.449 e. The van der Waals surface area contributed by atoms with E-state index in [0.717, 1.165) is 6.92 Å². The van der Waals surface area contributed by atoms with Crippen LogP contribution in [0.4, 0.5) is 35.1 Å². The SMILES string of the molecule is CCN(Br)S(=O)(=O)C(F)(F)C(F)(F)OC(F)(F)C(F)(F)I. The van der Waals surface area contributed by atoms with Gasteiger partial charge in [0, 0.05) is 45.3 Å². The molecule has 0 saturated heterocycles. The second-order valence-electron chi connectivity index (χ2n) is 3.26. The standard InChI is InChI=1S/C6H5BrF8INO3S/c1-2-17(7)21(18,19)6(14,15)5(12,13)20-4(10,11)3(8,9)16/h2H2,1H3. The molecule has 15 heteroatoms. The molecule has 21 heavy (non-hydrogen) atoms. The van der Waals surface area contributed by atoms with Crippen LogP contribution in [0.2, 0.25) is 0 Å². The van der Waals surface area contributed by atoms with E-state index in [0.29, 0.717) is 0 Å². The molecule has 0 radical (unpaired) electrons. The normalized spacial score (nSPS) is 15.6. The number of nitrogens with zero attached hydrogens (tertiary/aromatic N) is 1. The highest BCUT2D eigenvalue weighted by atomic mass is 127. The molecule has 0 saturated carbocycles. The van der Waals surface area contributed by atoms with Gasteiger partial charge in [-0.2, -0.15) is 35.1 Å². The minimum absolute atomic E-state index is 0.326. The van der Waals surface area contributed by atoms with Crippen molar-refractivity contribution >= 4 is 48.8 Å². The molecule has 4 nitrogen and oxygen atoms in total. The van der Waals surface area contributed by atoms with Crippen LogP contribution in [0.15, 0.2) is 0 Å². The number of ether oxygens (including phenoxy) is 1. The fourth-order valence-corrected chi connectivity index (χ4v) is 2.31. The van der Waals surface area contributed by atoms with Crippen molar-refractivity contribution in [1.82, 2.24) is 3.33 Å². The minimum Gasteiger partial charge on any atom is -0.244 e. The highest BCUT2D eigenvalue weighted by molar-refractivity contribution is 14.1. The van der Waals surface area contributed by atoms with Crippen LogP contribution in [0.25, 0.3) is 0 Å². The Morgan fingerprint density at radius 3 is 1.71 bits per heavy atom. The van der Waals surface area contributed by atoms with Gasteiger partial charge in [-0.3, -0.25) is 0 Å². The van der Waals surface area contributed by atoms with Crippen molar-refractivity contribution in [3.8, 4) is 0 Å². The molecule has 0 amide bonds. The third-order valence-electron chi connectivity index (χ3n) is 1.76. The van der Waals surface area contributed by atoms with Crippen molar-refractivity contribution < 1.29 is 48.3 Å². The van der Waals surface area contributed by atoms with E-state index in [1.54, 1.807) is 0 Å². The number of hydrogen-bond donors (Lipinski definition) is 0. The van der Waals surface area contributed by atoms with Gasteiger partial charge in [-0.05, 0) is 0 Å². The number of sulfonamides is 1. The van der Waals surface area contributed by atoms with Gasteiger partial charge in [0.1, 0.15) is 0 Å². The van der Waals surface area contributed by atoms with E-state index in [2.05, 4.69) is 4.74 Å². The van der Waals surface area contributed by atoms with Crippen molar-refractivity contribution in [3.63, 3.8) is 0 Å². The number of halogens is 10. The van der Waals surface area contributed by atoms with E-state index in [9.17, 15) is 43.5 Å². The fraction of sp³-hybridized carbons (Fsp3) is 1.00. The monoisotopic (exact) mass is 529 g/mol. The first-order chi connectivity index (χ1) is 8.94.